The Labute approximate surface area is 114 Å². The molecule has 20 heavy (non-hydrogen) atoms. The average molecular weight is 278 g/mol. The first-order valence-corrected chi connectivity index (χ1v) is 6.08. The Morgan fingerprint density at radius 1 is 1.50 bits per heavy atom. The number of hydrogen-bond donors (Lipinski definition) is 1. The molecule has 2 amide bonds. The maximum atomic E-state index is 11.9. The van der Waals surface area contributed by atoms with Crippen LogP contribution in [0.2, 0.25) is 0 Å². The van der Waals surface area contributed by atoms with E-state index in [0.717, 1.165) is 11.1 Å². The van der Waals surface area contributed by atoms with Crippen LogP contribution in [-0.2, 0) is 9.59 Å². The van der Waals surface area contributed by atoms with Gasteiger partial charge in [0, 0.05) is 19.5 Å². The van der Waals surface area contributed by atoms with Crippen molar-refractivity contribution in [3.63, 3.8) is 0 Å². The zero-order valence-corrected chi connectivity index (χ0v) is 11.1. The number of piperidine rings is 1. The quantitative estimate of drug-likeness (QED) is 0.499. The van der Waals surface area contributed by atoms with E-state index in [0.29, 0.717) is 17.8 Å². The Morgan fingerprint density at radius 2 is 2.20 bits per heavy atom. The summed E-state index contributed by atoms with van der Waals surface area (Å²) in [5.41, 5.74) is 0.474. The fourth-order valence-corrected chi connectivity index (χ4v) is 2.03. The van der Waals surface area contributed by atoms with Crippen molar-refractivity contribution in [3.05, 3.63) is 27.9 Å². The van der Waals surface area contributed by atoms with E-state index < -0.39 is 11.0 Å². The van der Waals surface area contributed by atoms with Gasteiger partial charge in [0.1, 0.15) is 18.1 Å². The maximum absolute atomic E-state index is 11.9. The second kappa shape index (κ2) is 5.24. The summed E-state index contributed by atoms with van der Waals surface area (Å²) >= 11 is 0. The van der Waals surface area contributed by atoms with Crippen molar-refractivity contribution in [1.82, 2.24) is 9.88 Å². The first kappa shape index (κ1) is 13.9. The molecule has 8 nitrogen and oxygen atoms in total. The van der Waals surface area contributed by atoms with Gasteiger partial charge in [0.15, 0.2) is 0 Å². The average Bonchev–Trinajstić information content (AvgIpc) is 2.41. The predicted molar refractivity (Wildman–Crippen MR) is 70.1 cm³/mol. The number of imide groups is 1. The highest BCUT2D eigenvalue weighted by Gasteiger charge is 2.32. The summed E-state index contributed by atoms with van der Waals surface area (Å²) in [5, 5.41) is 13.6. The fourth-order valence-electron chi connectivity index (χ4n) is 2.03. The first-order valence-electron chi connectivity index (χ1n) is 6.08. The molecule has 1 aromatic heterocycles. The highest BCUT2D eigenvalue weighted by atomic mass is 16.6. The number of aromatic nitrogens is 1. The van der Waals surface area contributed by atoms with E-state index in [4.69, 9.17) is 0 Å². The highest BCUT2D eigenvalue weighted by molar-refractivity contribution is 6.01. The van der Waals surface area contributed by atoms with Crippen LogP contribution in [-0.4, -0.2) is 39.7 Å². The van der Waals surface area contributed by atoms with Crippen molar-refractivity contribution in [2.45, 2.75) is 25.8 Å². The minimum absolute atomic E-state index is 0.102. The lowest BCUT2D eigenvalue weighted by Crippen LogP contribution is -2.48. The molecule has 1 aliphatic heterocycles. The van der Waals surface area contributed by atoms with E-state index in [1.165, 1.54) is 13.1 Å². The molecule has 1 unspecified atom stereocenters. The summed E-state index contributed by atoms with van der Waals surface area (Å²) < 4.78 is 0. The molecule has 1 aromatic rings. The van der Waals surface area contributed by atoms with Crippen molar-refractivity contribution in [2.24, 2.45) is 0 Å². The van der Waals surface area contributed by atoms with Gasteiger partial charge < -0.3 is 5.32 Å². The number of likely N-dealkylation sites (tertiary alicyclic amines) is 1. The van der Waals surface area contributed by atoms with Crippen LogP contribution < -0.4 is 5.32 Å². The molecular formula is C12H14N4O4. The van der Waals surface area contributed by atoms with Gasteiger partial charge in [-0.25, -0.2) is 4.98 Å². The number of nitro groups is 1. The van der Waals surface area contributed by atoms with Crippen molar-refractivity contribution >= 4 is 23.3 Å². The van der Waals surface area contributed by atoms with Crippen LogP contribution in [0.25, 0.3) is 0 Å². The number of nitrogens with one attached hydrogen (secondary N) is 1. The van der Waals surface area contributed by atoms with E-state index in [1.807, 2.05) is 0 Å². The number of likely N-dealkylation sites (N-methyl/N-ethyl adjacent to an activating group) is 1. The van der Waals surface area contributed by atoms with Crippen LogP contribution in [0.1, 0.15) is 18.4 Å². The van der Waals surface area contributed by atoms with Crippen LogP contribution in [0.4, 0.5) is 11.5 Å². The van der Waals surface area contributed by atoms with E-state index in [9.17, 15) is 19.7 Å². The summed E-state index contributed by atoms with van der Waals surface area (Å²) in [7, 11) is 1.44. The second-order valence-electron chi connectivity index (χ2n) is 4.64. The standard InChI is InChI=1S/C12H14N4O4/c1-7-5-8(16(19)20)6-13-11(7)14-9-3-4-10(17)15(2)12(9)18/h5-6,9H,3-4H2,1-2H3,(H,13,14). The predicted octanol–water partition coefficient (Wildman–Crippen LogP) is 0.858. The monoisotopic (exact) mass is 278 g/mol. The van der Waals surface area contributed by atoms with E-state index in [2.05, 4.69) is 10.3 Å². The zero-order chi connectivity index (χ0) is 14.9. The normalized spacial score (nSPS) is 19.1. The van der Waals surface area contributed by atoms with Gasteiger partial charge in [0.25, 0.3) is 11.6 Å². The van der Waals surface area contributed by atoms with Gasteiger partial charge in [-0.1, -0.05) is 0 Å². The van der Waals surface area contributed by atoms with Crippen LogP contribution in [0.3, 0.4) is 0 Å². The lowest BCUT2D eigenvalue weighted by molar-refractivity contribution is -0.385. The zero-order valence-electron chi connectivity index (χ0n) is 11.1. The summed E-state index contributed by atoms with van der Waals surface area (Å²) in [6.45, 7) is 1.67. The third-order valence-electron chi connectivity index (χ3n) is 3.24. The number of carbonyl (C=O) groups is 2. The first-order chi connectivity index (χ1) is 9.40. The number of anilines is 1. The molecule has 1 saturated heterocycles. The summed E-state index contributed by atoms with van der Waals surface area (Å²) in [5.74, 6) is -0.112. The van der Waals surface area contributed by atoms with Gasteiger partial charge >= 0.3 is 0 Å². The number of rotatable bonds is 3. The number of hydrogen-bond acceptors (Lipinski definition) is 6. The van der Waals surface area contributed by atoms with Gasteiger partial charge in [-0.15, -0.1) is 0 Å². The Balaban J connectivity index is 2.16. The molecule has 2 heterocycles. The van der Waals surface area contributed by atoms with Crippen LogP contribution in [0, 0.1) is 17.0 Å². The number of aryl methyl sites for hydroxylation is 1. The van der Waals surface area contributed by atoms with Crippen molar-refractivity contribution in [1.29, 1.82) is 0 Å². The Bertz CT molecular complexity index is 587. The molecule has 1 aliphatic rings. The minimum atomic E-state index is -0.537. The molecule has 0 radical (unpaired) electrons. The molecule has 8 heteroatoms. The van der Waals surface area contributed by atoms with E-state index in [1.54, 1.807) is 6.92 Å². The van der Waals surface area contributed by atoms with Crippen LogP contribution >= 0.6 is 0 Å². The molecule has 0 bridgehead atoms. The molecule has 0 aromatic carbocycles. The number of amides is 2. The minimum Gasteiger partial charge on any atom is -0.358 e. The molecule has 0 aliphatic carbocycles. The Hall–Kier alpha value is -2.51. The number of pyridine rings is 1. The highest BCUT2D eigenvalue weighted by Crippen LogP contribution is 2.21. The Kier molecular flexibility index (Phi) is 3.64. The SMILES string of the molecule is Cc1cc([N+](=O)[O-])cnc1NC1CCC(=O)N(C)C1=O. The van der Waals surface area contributed by atoms with Crippen molar-refractivity contribution in [2.75, 3.05) is 12.4 Å². The summed E-state index contributed by atoms with van der Waals surface area (Å²) in [6, 6.07) is 0.850. The molecule has 1 fully saturated rings. The second-order valence-corrected chi connectivity index (χ2v) is 4.64. The fraction of sp³-hybridized carbons (Fsp3) is 0.417. The molecule has 0 saturated carbocycles. The largest absolute Gasteiger partial charge is 0.358 e. The van der Waals surface area contributed by atoms with Gasteiger partial charge in [0.2, 0.25) is 5.91 Å². The molecule has 1 N–H and O–H groups in total. The van der Waals surface area contributed by atoms with E-state index >= 15 is 0 Å². The molecule has 106 valence electrons. The molecule has 1 atom stereocenters. The smallest absolute Gasteiger partial charge is 0.287 e. The number of nitrogens with zero attached hydrogens (tertiary/aromatic N) is 3. The lowest BCUT2D eigenvalue weighted by Gasteiger charge is -2.28. The van der Waals surface area contributed by atoms with Crippen molar-refractivity contribution < 1.29 is 14.5 Å². The summed E-state index contributed by atoms with van der Waals surface area (Å²) in [4.78, 5) is 38.5. The van der Waals surface area contributed by atoms with Gasteiger partial charge in [-0.2, -0.15) is 0 Å². The van der Waals surface area contributed by atoms with Gasteiger partial charge in [-0.3, -0.25) is 24.6 Å². The molecular weight excluding hydrogens is 264 g/mol. The van der Waals surface area contributed by atoms with Gasteiger partial charge in [0.05, 0.1) is 4.92 Å². The van der Waals surface area contributed by atoms with E-state index in [-0.39, 0.29) is 23.9 Å². The molecule has 0 spiro atoms. The summed E-state index contributed by atoms with van der Waals surface area (Å²) in [6.07, 6.45) is 1.81. The topological polar surface area (TPSA) is 105 Å². The lowest BCUT2D eigenvalue weighted by atomic mass is 10.0. The van der Waals surface area contributed by atoms with Crippen LogP contribution in [0.5, 0.6) is 0 Å². The van der Waals surface area contributed by atoms with Crippen molar-refractivity contribution in [3.8, 4) is 0 Å². The van der Waals surface area contributed by atoms with Crippen LogP contribution in [0.15, 0.2) is 12.3 Å². The number of carbonyl (C=O) groups excluding carboxylic acids is 2. The van der Waals surface area contributed by atoms with Gasteiger partial charge in [-0.05, 0) is 18.9 Å². The Morgan fingerprint density at radius 3 is 2.80 bits per heavy atom. The maximum Gasteiger partial charge on any atom is 0.287 e. The third-order valence-corrected chi connectivity index (χ3v) is 3.24. The third kappa shape index (κ3) is 2.58. The molecule has 2 rings (SSSR count).